The Morgan fingerprint density at radius 3 is 2.73 bits per heavy atom. The van der Waals surface area contributed by atoms with Crippen molar-refractivity contribution in [2.75, 3.05) is 20.1 Å². The third kappa shape index (κ3) is 4.13. The molecule has 1 atom stereocenters. The molecule has 8 heteroatoms. The van der Waals surface area contributed by atoms with Crippen molar-refractivity contribution in [1.29, 1.82) is 0 Å². The molecule has 1 aliphatic carbocycles. The van der Waals surface area contributed by atoms with Gasteiger partial charge in [-0.3, -0.25) is 19.4 Å². The largest absolute Gasteiger partial charge is 0.339 e. The summed E-state index contributed by atoms with van der Waals surface area (Å²) in [5.41, 5.74) is 1.99. The van der Waals surface area contributed by atoms with Crippen LogP contribution >= 0.6 is 0 Å². The minimum Gasteiger partial charge on any atom is -0.339 e. The molecule has 2 fully saturated rings. The van der Waals surface area contributed by atoms with Crippen LogP contribution in [-0.4, -0.2) is 67.8 Å². The lowest BCUT2D eigenvalue weighted by atomic mass is 9.91. The summed E-state index contributed by atoms with van der Waals surface area (Å²) in [5.74, 6) is 0.0755. The van der Waals surface area contributed by atoms with Crippen LogP contribution < -0.4 is 0 Å². The van der Waals surface area contributed by atoms with Crippen molar-refractivity contribution in [2.24, 2.45) is 0 Å². The molecule has 0 bridgehead atoms. The number of piperidine rings is 1. The maximum absolute atomic E-state index is 13.2. The second-order valence-electron chi connectivity index (χ2n) is 8.55. The molecule has 2 amide bonds. The Kier molecular flexibility index (Phi) is 6.20. The number of carbonyl (C=O) groups excluding carboxylic acids is 2. The van der Waals surface area contributed by atoms with E-state index in [0.29, 0.717) is 30.4 Å². The van der Waals surface area contributed by atoms with Crippen molar-refractivity contribution in [3.8, 4) is 0 Å². The number of nitrogens with one attached hydrogen (secondary N) is 1. The normalized spacial score (nSPS) is 20.3. The lowest BCUT2D eigenvalue weighted by Crippen LogP contribution is -2.41. The third-order valence-electron chi connectivity index (χ3n) is 6.64. The van der Waals surface area contributed by atoms with Gasteiger partial charge in [0.1, 0.15) is 5.69 Å². The lowest BCUT2D eigenvalue weighted by molar-refractivity contribution is 0.0688. The summed E-state index contributed by atoms with van der Waals surface area (Å²) in [5, 5.41) is 11.6. The fourth-order valence-corrected chi connectivity index (χ4v) is 4.81. The fraction of sp³-hybridized carbons (Fsp3) is 0.636. The zero-order chi connectivity index (χ0) is 21.1. The van der Waals surface area contributed by atoms with Gasteiger partial charge < -0.3 is 9.80 Å². The fourth-order valence-electron chi connectivity index (χ4n) is 4.81. The van der Waals surface area contributed by atoms with Gasteiger partial charge in [0.25, 0.3) is 11.8 Å². The van der Waals surface area contributed by atoms with Crippen molar-refractivity contribution in [1.82, 2.24) is 29.8 Å². The zero-order valence-electron chi connectivity index (χ0n) is 18.0. The number of carbonyl (C=O) groups is 2. The number of amides is 2. The van der Waals surface area contributed by atoms with Crippen molar-refractivity contribution >= 4 is 11.8 Å². The van der Waals surface area contributed by atoms with E-state index in [0.717, 1.165) is 37.9 Å². The van der Waals surface area contributed by atoms with Gasteiger partial charge in [0.2, 0.25) is 0 Å². The summed E-state index contributed by atoms with van der Waals surface area (Å²) in [6, 6.07) is 2.09. The molecular weight excluding hydrogens is 380 g/mol. The summed E-state index contributed by atoms with van der Waals surface area (Å²) >= 11 is 0. The average molecular weight is 413 g/mol. The first-order valence-corrected chi connectivity index (χ1v) is 11.2. The zero-order valence-corrected chi connectivity index (χ0v) is 18.0. The number of hydrogen-bond acceptors (Lipinski definition) is 4. The highest BCUT2D eigenvalue weighted by Gasteiger charge is 2.32. The van der Waals surface area contributed by atoms with E-state index in [1.165, 1.54) is 19.3 Å². The summed E-state index contributed by atoms with van der Waals surface area (Å²) < 4.78 is 1.77. The molecule has 1 unspecified atom stereocenters. The number of aryl methyl sites for hydroxylation is 1. The molecule has 3 heterocycles. The van der Waals surface area contributed by atoms with E-state index < -0.39 is 0 Å². The Morgan fingerprint density at radius 2 is 2.00 bits per heavy atom. The Labute approximate surface area is 177 Å². The number of rotatable bonds is 5. The van der Waals surface area contributed by atoms with E-state index in [9.17, 15) is 9.59 Å². The molecule has 2 aliphatic rings. The lowest BCUT2D eigenvalue weighted by Gasteiger charge is -2.33. The summed E-state index contributed by atoms with van der Waals surface area (Å²) in [7, 11) is 1.91. The molecule has 1 N–H and O–H groups in total. The maximum Gasteiger partial charge on any atom is 0.274 e. The molecule has 162 valence electrons. The topological polar surface area (TPSA) is 87.1 Å². The first-order valence-electron chi connectivity index (χ1n) is 11.2. The van der Waals surface area contributed by atoms with E-state index in [4.69, 9.17) is 0 Å². The number of H-pyrrole nitrogens is 1. The first-order chi connectivity index (χ1) is 14.6. The number of likely N-dealkylation sites (tertiary alicyclic amines) is 1. The average Bonchev–Trinajstić information content (AvgIpc) is 3.48. The summed E-state index contributed by atoms with van der Waals surface area (Å²) in [4.78, 5) is 29.9. The molecule has 1 saturated heterocycles. The molecule has 4 rings (SSSR count). The highest BCUT2D eigenvalue weighted by Crippen LogP contribution is 2.30. The second-order valence-corrected chi connectivity index (χ2v) is 8.55. The number of nitrogens with zero attached hydrogens (tertiary/aromatic N) is 5. The third-order valence-corrected chi connectivity index (χ3v) is 6.64. The van der Waals surface area contributed by atoms with Crippen LogP contribution in [0.25, 0.3) is 0 Å². The van der Waals surface area contributed by atoms with Crippen molar-refractivity contribution in [2.45, 2.75) is 70.4 Å². The monoisotopic (exact) mass is 412 g/mol. The van der Waals surface area contributed by atoms with Gasteiger partial charge in [-0.2, -0.15) is 10.2 Å². The number of aromatic nitrogens is 4. The van der Waals surface area contributed by atoms with Gasteiger partial charge in [0.05, 0.1) is 17.5 Å². The second kappa shape index (κ2) is 9.02. The van der Waals surface area contributed by atoms with Gasteiger partial charge in [0.15, 0.2) is 0 Å². The smallest absolute Gasteiger partial charge is 0.274 e. The van der Waals surface area contributed by atoms with Gasteiger partial charge in [-0.05, 0) is 38.7 Å². The van der Waals surface area contributed by atoms with E-state index in [1.807, 2.05) is 30.0 Å². The van der Waals surface area contributed by atoms with Crippen molar-refractivity contribution in [3.63, 3.8) is 0 Å². The Balaban J connectivity index is 1.47. The Bertz CT molecular complexity index is 882. The molecule has 1 saturated carbocycles. The van der Waals surface area contributed by atoms with E-state index in [2.05, 4.69) is 15.3 Å². The molecular formula is C22H32N6O2. The van der Waals surface area contributed by atoms with Gasteiger partial charge in [-0.1, -0.05) is 19.3 Å². The highest BCUT2D eigenvalue weighted by molar-refractivity contribution is 5.95. The van der Waals surface area contributed by atoms with Crippen molar-refractivity contribution < 1.29 is 9.59 Å². The molecule has 0 spiro atoms. The van der Waals surface area contributed by atoms with Gasteiger partial charge in [-0.25, -0.2) is 0 Å². The van der Waals surface area contributed by atoms with Crippen LogP contribution in [0.4, 0.5) is 0 Å². The highest BCUT2D eigenvalue weighted by atomic mass is 16.2. The standard InChI is InChI=1S/C22H32N6O2/c1-3-28-13-11-19(25-28)22(30)27-12-7-8-16(15-27)20-18(14-23-24-20)21(29)26(2)17-9-5-4-6-10-17/h11,13-14,16-17H,3-10,12,15H2,1-2H3,(H,23,24). The Hall–Kier alpha value is -2.64. The minimum absolute atomic E-state index is 0.0378. The molecule has 1 aliphatic heterocycles. The first kappa shape index (κ1) is 20.6. The van der Waals surface area contributed by atoms with Gasteiger partial charge >= 0.3 is 0 Å². The molecule has 2 aromatic rings. The molecule has 2 aromatic heterocycles. The van der Waals surface area contributed by atoms with E-state index >= 15 is 0 Å². The minimum atomic E-state index is -0.0429. The van der Waals surface area contributed by atoms with Crippen LogP contribution in [0.15, 0.2) is 18.5 Å². The summed E-state index contributed by atoms with van der Waals surface area (Å²) in [6.07, 6.45) is 11.1. The van der Waals surface area contributed by atoms with Crippen LogP contribution in [0, 0.1) is 0 Å². The van der Waals surface area contributed by atoms with Crippen LogP contribution in [0.2, 0.25) is 0 Å². The SMILES string of the molecule is CCn1ccc(C(=O)N2CCCC(c3[nH]ncc3C(=O)N(C)C3CCCCC3)C2)n1. The molecule has 0 radical (unpaired) electrons. The van der Waals surface area contributed by atoms with E-state index in [-0.39, 0.29) is 17.7 Å². The molecule has 0 aromatic carbocycles. The van der Waals surface area contributed by atoms with E-state index in [1.54, 1.807) is 16.9 Å². The molecule has 30 heavy (non-hydrogen) atoms. The predicted molar refractivity (Wildman–Crippen MR) is 113 cm³/mol. The van der Waals surface area contributed by atoms with Crippen LogP contribution in [0.5, 0.6) is 0 Å². The summed E-state index contributed by atoms with van der Waals surface area (Å²) in [6.45, 7) is 4.03. The van der Waals surface area contributed by atoms with Gasteiger partial charge in [0, 0.05) is 44.8 Å². The number of aromatic amines is 1. The van der Waals surface area contributed by atoms with Crippen LogP contribution in [-0.2, 0) is 6.54 Å². The predicted octanol–water partition coefficient (Wildman–Crippen LogP) is 3.05. The maximum atomic E-state index is 13.2. The van der Waals surface area contributed by atoms with Crippen LogP contribution in [0.3, 0.4) is 0 Å². The number of hydrogen-bond donors (Lipinski definition) is 1. The quantitative estimate of drug-likeness (QED) is 0.818. The van der Waals surface area contributed by atoms with Crippen LogP contribution in [0.1, 0.15) is 84.3 Å². The molecule has 8 nitrogen and oxygen atoms in total. The Morgan fingerprint density at radius 1 is 1.20 bits per heavy atom. The van der Waals surface area contributed by atoms with Gasteiger partial charge in [-0.15, -0.1) is 0 Å². The van der Waals surface area contributed by atoms with Crippen molar-refractivity contribution in [3.05, 3.63) is 35.4 Å².